The van der Waals surface area contributed by atoms with Crippen molar-refractivity contribution in [3.05, 3.63) is 0 Å². The van der Waals surface area contributed by atoms with Crippen LogP contribution in [-0.2, 0) is 0 Å². The summed E-state index contributed by atoms with van der Waals surface area (Å²) in [6, 6.07) is 1.14. The van der Waals surface area contributed by atoms with E-state index in [-0.39, 0.29) is 0 Å². The van der Waals surface area contributed by atoms with E-state index in [1.54, 1.807) is 0 Å². The Kier molecular flexibility index (Phi) is 4.78. The lowest BCUT2D eigenvalue weighted by atomic mass is 10.00. The van der Waals surface area contributed by atoms with Gasteiger partial charge in [0.1, 0.15) is 0 Å². The molecule has 0 bridgehead atoms. The lowest BCUT2D eigenvalue weighted by Crippen LogP contribution is -2.38. The van der Waals surface area contributed by atoms with Crippen LogP contribution < -0.4 is 5.32 Å². The van der Waals surface area contributed by atoms with Crippen LogP contribution in [0.25, 0.3) is 0 Å². The van der Waals surface area contributed by atoms with E-state index in [0.717, 1.165) is 5.92 Å². The number of amidine groups is 1. The Balaban J connectivity index is 1.88. The molecular weight excluding hydrogens is 228 g/mol. The molecule has 98 valence electrons. The number of thioether (sulfide) groups is 1. The van der Waals surface area contributed by atoms with Gasteiger partial charge in [0.15, 0.2) is 5.17 Å². The van der Waals surface area contributed by atoms with Crippen LogP contribution in [0.3, 0.4) is 0 Å². The summed E-state index contributed by atoms with van der Waals surface area (Å²) in [4.78, 5) is 4.86. The number of nitrogens with one attached hydrogen (secondary N) is 1. The lowest BCUT2D eigenvalue weighted by Gasteiger charge is -2.27. The highest BCUT2D eigenvalue weighted by atomic mass is 32.2. The highest BCUT2D eigenvalue weighted by Crippen LogP contribution is 2.28. The Morgan fingerprint density at radius 2 is 1.88 bits per heavy atom. The summed E-state index contributed by atoms with van der Waals surface area (Å²) in [6.07, 6.45) is 6.89. The first-order chi connectivity index (χ1) is 8.16. The molecule has 0 aromatic heterocycles. The van der Waals surface area contributed by atoms with Crippen LogP contribution in [0.4, 0.5) is 0 Å². The molecule has 3 heteroatoms. The van der Waals surface area contributed by atoms with Crippen molar-refractivity contribution in [3.8, 4) is 0 Å². The highest BCUT2D eigenvalue weighted by molar-refractivity contribution is 8.13. The zero-order valence-electron chi connectivity index (χ0n) is 11.4. The Morgan fingerprint density at radius 1 is 1.18 bits per heavy atom. The van der Waals surface area contributed by atoms with E-state index < -0.39 is 0 Å². The minimum atomic E-state index is 0.537. The van der Waals surface area contributed by atoms with Gasteiger partial charge in [0, 0.05) is 11.8 Å². The predicted molar refractivity (Wildman–Crippen MR) is 77.7 cm³/mol. The van der Waals surface area contributed by atoms with E-state index in [4.69, 9.17) is 4.99 Å². The molecule has 0 aromatic rings. The SMILES string of the molecule is CC(C)C1CCSC(NC(C)C2CCCC2)=N1. The molecule has 17 heavy (non-hydrogen) atoms. The molecule has 2 nitrogen and oxygen atoms in total. The van der Waals surface area contributed by atoms with Crippen LogP contribution in [0.15, 0.2) is 4.99 Å². The molecule has 1 heterocycles. The molecular formula is C14H26N2S. The molecule has 0 spiro atoms. The molecule has 0 amide bonds. The molecule has 1 fully saturated rings. The first-order valence-corrected chi connectivity index (χ1v) is 8.12. The van der Waals surface area contributed by atoms with Crippen LogP contribution >= 0.6 is 11.8 Å². The van der Waals surface area contributed by atoms with Crippen molar-refractivity contribution in [2.45, 2.75) is 65.0 Å². The van der Waals surface area contributed by atoms with Gasteiger partial charge in [-0.15, -0.1) is 0 Å². The fourth-order valence-electron chi connectivity index (χ4n) is 2.86. The third kappa shape index (κ3) is 3.64. The van der Waals surface area contributed by atoms with Crippen LogP contribution in [-0.4, -0.2) is 23.0 Å². The first kappa shape index (κ1) is 13.3. The normalized spacial score (nSPS) is 28.2. The largest absolute Gasteiger partial charge is 0.362 e. The van der Waals surface area contributed by atoms with E-state index in [0.29, 0.717) is 18.0 Å². The maximum atomic E-state index is 4.86. The summed E-state index contributed by atoms with van der Waals surface area (Å²) in [6.45, 7) is 6.89. The van der Waals surface area contributed by atoms with Gasteiger partial charge in [-0.1, -0.05) is 38.5 Å². The third-order valence-electron chi connectivity index (χ3n) is 4.16. The standard InChI is InChI=1S/C14H26N2S/c1-10(2)13-8-9-17-14(16-13)15-11(3)12-6-4-5-7-12/h10-13H,4-9H2,1-3H3,(H,15,16). The van der Waals surface area contributed by atoms with Crippen LogP contribution in [0.1, 0.15) is 52.9 Å². The molecule has 1 aliphatic heterocycles. The molecule has 2 unspecified atom stereocenters. The molecule has 0 radical (unpaired) electrons. The molecule has 1 saturated carbocycles. The van der Waals surface area contributed by atoms with Crippen LogP contribution in [0.2, 0.25) is 0 Å². The Bertz CT molecular complexity index is 269. The molecule has 0 saturated heterocycles. The lowest BCUT2D eigenvalue weighted by molar-refractivity contribution is 0.423. The maximum Gasteiger partial charge on any atom is 0.157 e. The second kappa shape index (κ2) is 6.12. The smallest absolute Gasteiger partial charge is 0.157 e. The molecule has 1 N–H and O–H groups in total. The van der Waals surface area contributed by atoms with Crippen LogP contribution in [0.5, 0.6) is 0 Å². The number of hydrogen-bond acceptors (Lipinski definition) is 3. The van der Waals surface area contributed by atoms with Gasteiger partial charge >= 0.3 is 0 Å². The van der Waals surface area contributed by atoms with E-state index in [1.807, 2.05) is 11.8 Å². The monoisotopic (exact) mass is 254 g/mol. The predicted octanol–water partition coefficient (Wildman–Crippen LogP) is 3.67. The second-order valence-corrected chi connectivity index (χ2v) is 6.94. The average Bonchev–Trinajstić information content (AvgIpc) is 2.82. The quantitative estimate of drug-likeness (QED) is 0.831. The zero-order chi connectivity index (χ0) is 12.3. The van der Waals surface area contributed by atoms with E-state index in [2.05, 4.69) is 26.1 Å². The van der Waals surface area contributed by atoms with Gasteiger partial charge in [0.2, 0.25) is 0 Å². The number of rotatable bonds is 3. The minimum Gasteiger partial charge on any atom is -0.362 e. The molecule has 2 rings (SSSR count). The average molecular weight is 254 g/mol. The fraction of sp³-hybridized carbons (Fsp3) is 0.929. The number of hydrogen-bond donors (Lipinski definition) is 1. The van der Waals surface area contributed by atoms with Crippen molar-refractivity contribution in [3.63, 3.8) is 0 Å². The Morgan fingerprint density at radius 3 is 2.53 bits per heavy atom. The van der Waals surface area contributed by atoms with Gasteiger partial charge in [-0.05, 0) is 38.0 Å². The topological polar surface area (TPSA) is 24.4 Å². The molecule has 2 aliphatic rings. The summed E-state index contributed by atoms with van der Waals surface area (Å²) in [5.74, 6) is 2.78. The van der Waals surface area contributed by atoms with Gasteiger partial charge in [-0.2, -0.15) is 0 Å². The van der Waals surface area contributed by atoms with Crippen molar-refractivity contribution in [1.82, 2.24) is 5.32 Å². The third-order valence-corrected chi connectivity index (χ3v) is 5.10. The summed E-state index contributed by atoms with van der Waals surface area (Å²) in [5.41, 5.74) is 0. The van der Waals surface area contributed by atoms with E-state index >= 15 is 0 Å². The molecule has 1 aliphatic carbocycles. The summed E-state index contributed by atoms with van der Waals surface area (Å²) < 4.78 is 0. The van der Waals surface area contributed by atoms with Crippen molar-refractivity contribution >= 4 is 16.9 Å². The molecule has 0 aromatic carbocycles. The van der Waals surface area contributed by atoms with Crippen molar-refractivity contribution in [2.24, 2.45) is 16.8 Å². The Labute approximate surface area is 110 Å². The van der Waals surface area contributed by atoms with Crippen LogP contribution in [0, 0.1) is 11.8 Å². The van der Waals surface area contributed by atoms with Gasteiger partial charge in [-0.25, -0.2) is 0 Å². The van der Waals surface area contributed by atoms with Gasteiger partial charge in [0.25, 0.3) is 0 Å². The zero-order valence-corrected chi connectivity index (χ0v) is 12.2. The van der Waals surface area contributed by atoms with E-state index in [9.17, 15) is 0 Å². The number of nitrogens with zero attached hydrogens (tertiary/aromatic N) is 1. The van der Waals surface area contributed by atoms with Gasteiger partial charge < -0.3 is 5.32 Å². The van der Waals surface area contributed by atoms with E-state index in [1.165, 1.54) is 43.0 Å². The molecule has 2 atom stereocenters. The Hall–Kier alpha value is -0.180. The number of aliphatic imine (C=N–C) groups is 1. The maximum absolute atomic E-state index is 4.86. The summed E-state index contributed by atoms with van der Waals surface area (Å²) >= 11 is 1.91. The second-order valence-electron chi connectivity index (χ2n) is 5.86. The van der Waals surface area contributed by atoms with Gasteiger partial charge in [0.05, 0.1) is 6.04 Å². The van der Waals surface area contributed by atoms with Gasteiger partial charge in [-0.3, -0.25) is 4.99 Å². The highest BCUT2D eigenvalue weighted by Gasteiger charge is 2.24. The van der Waals surface area contributed by atoms with Crippen molar-refractivity contribution < 1.29 is 0 Å². The first-order valence-electron chi connectivity index (χ1n) is 7.14. The minimum absolute atomic E-state index is 0.537. The fourth-order valence-corrected chi connectivity index (χ4v) is 3.89. The van der Waals surface area contributed by atoms with Crippen molar-refractivity contribution in [2.75, 3.05) is 5.75 Å². The van der Waals surface area contributed by atoms with Crippen molar-refractivity contribution in [1.29, 1.82) is 0 Å². The summed E-state index contributed by atoms with van der Waals surface area (Å²) in [7, 11) is 0. The summed E-state index contributed by atoms with van der Waals surface area (Å²) in [5, 5.41) is 4.86.